The van der Waals surface area contributed by atoms with Gasteiger partial charge in [-0.05, 0) is 37.6 Å². The summed E-state index contributed by atoms with van der Waals surface area (Å²) in [6.07, 6.45) is 1.75. The first-order valence-corrected chi connectivity index (χ1v) is 14.4. The van der Waals surface area contributed by atoms with Crippen molar-refractivity contribution in [2.45, 2.75) is 25.3 Å². The molecule has 0 radical (unpaired) electrons. The van der Waals surface area contributed by atoms with Crippen LogP contribution in [0.2, 0.25) is 0 Å². The molecule has 0 atom stereocenters. The van der Waals surface area contributed by atoms with Gasteiger partial charge in [-0.3, -0.25) is 14.0 Å². The van der Waals surface area contributed by atoms with E-state index >= 15 is 0 Å². The number of amides is 1. The fraction of sp³-hybridized carbons (Fsp3) is 0.333. The summed E-state index contributed by atoms with van der Waals surface area (Å²) < 4.78 is 28.8. The number of carbonyl (C=O) groups excluding carboxylic acids is 1. The Balaban J connectivity index is 1.58. The number of aromatic amines is 1. The van der Waals surface area contributed by atoms with Gasteiger partial charge in [-0.1, -0.05) is 12.1 Å². The highest BCUT2D eigenvalue weighted by molar-refractivity contribution is 7.93. The van der Waals surface area contributed by atoms with E-state index in [0.717, 1.165) is 26.5 Å². The van der Waals surface area contributed by atoms with Crippen LogP contribution in [-0.2, 0) is 21.4 Å². The van der Waals surface area contributed by atoms with Crippen LogP contribution in [0.5, 0.6) is 0 Å². The van der Waals surface area contributed by atoms with Gasteiger partial charge in [0.15, 0.2) is 0 Å². The largest absolute Gasteiger partial charge is 0.351 e. The normalized spacial score (nSPS) is 11.9. The van der Waals surface area contributed by atoms with Crippen LogP contribution in [0.3, 0.4) is 0 Å². The lowest BCUT2D eigenvalue weighted by Gasteiger charge is -2.24. The van der Waals surface area contributed by atoms with Crippen LogP contribution in [0.25, 0.3) is 21.6 Å². The lowest BCUT2D eigenvalue weighted by molar-refractivity contribution is -0.128. The molecule has 3 heterocycles. The predicted octanol–water partition coefficient (Wildman–Crippen LogP) is 4.48. The highest BCUT2D eigenvalue weighted by Crippen LogP contribution is 2.34. The molecule has 0 aliphatic rings. The smallest absolute Gasteiger partial charge is 0.265 e. The van der Waals surface area contributed by atoms with Gasteiger partial charge in [-0.25, -0.2) is 13.4 Å². The number of anilines is 1. The first-order valence-electron chi connectivity index (χ1n) is 11.2. The van der Waals surface area contributed by atoms with E-state index in [-0.39, 0.29) is 5.91 Å². The fourth-order valence-electron chi connectivity index (χ4n) is 3.98. The number of thiazole rings is 1. The molecule has 0 bridgehead atoms. The number of rotatable bonds is 10. The lowest BCUT2D eigenvalue weighted by atomic mass is 10.2. The molecule has 0 spiro atoms. The molecule has 4 rings (SSSR count). The molecule has 3 aromatic heterocycles. The van der Waals surface area contributed by atoms with E-state index in [2.05, 4.69) is 9.97 Å². The molecule has 0 aliphatic carbocycles. The van der Waals surface area contributed by atoms with Crippen LogP contribution in [0.15, 0.2) is 52.2 Å². The summed E-state index contributed by atoms with van der Waals surface area (Å²) in [5, 5.41) is 5.50. The van der Waals surface area contributed by atoms with Crippen LogP contribution in [0.1, 0.15) is 18.7 Å². The first kappa shape index (κ1) is 25.4. The number of hydrogen-bond donors (Lipinski definition) is 1. The Morgan fingerprint density at radius 1 is 1.11 bits per heavy atom. The van der Waals surface area contributed by atoms with E-state index in [1.165, 1.54) is 27.0 Å². The number of fused-ring (bicyclic) bond motifs is 1. The minimum absolute atomic E-state index is 0.0402. The maximum absolute atomic E-state index is 13.7. The zero-order chi connectivity index (χ0) is 25.2. The molecule has 0 fully saturated rings. The number of sulfonamides is 1. The van der Waals surface area contributed by atoms with E-state index in [1.807, 2.05) is 47.8 Å². The van der Waals surface area contributed by atoms with Crippen molar-refractivity contribution in [3.8, 4) is 10.7 Å². The average molecular weight is 532 g/mol. The van der Waals surface area contributed by atoms with Crippen molar-refractivity contribution in [2.75, 3.05) is 38.0 Å². The number of nitrogens with one attached hydrogen (secondary N) is 1. The van der Waals surface area contributed by atoms with E-state index < -0.39 is 10.0 Å². The molecule has 0 unspecified atom stereocenters. The molecular weight excluding hydrogens is 502 g/mol. The third-order valence-electron chi connectivity index (χ3n) is 5.97. The number of likely N-dealkylation sites (N-methyl/N-ethyl adjacent to an activating group) is 2. The topological polar surface area (TPSA) is 89.6 Å². The Hall–Kier alpha value is -2.73. The van der Waals surface area contributed by atoms with Gasteiger partial charge < -0.3 is 9.88 Å². The Labute approximate surface area is 213 Å². The number of H-pyrrole nitrogens is 1. The summed E-state index contributed by atoms with van der Waals surface area (Å²) >= 11 is 2.95. The summed E-state index contributed by atoms with van der Waals surface area (Å²) in [5.41, 5.74) is 2.19. The quantitative estimate of drug-likeness (QED) is 0.326. The Kier molecular flexibility index (Phi) is 7.60. The minimum atomic E-state index is -3.79. The highest BCUT2D eigenvalue weighted by atomic mass is 32.2. The zero-order valence-corrected chi connectivity index (χ0v) is 22.6. The van der Waals surface area contributed by atoms with Crippen molar-refractivity contribution in [1.82, 2.24) is 19.8 Å². The van der Waals surface area contributed by atoms with Gasteiger partial charge in [0, 0.05) is 62.0 Å². The third-order valence-corrected chi connectivity index (χ3v) is 9.67. The van der Waals surface area contributed by atoms with Gasteiger partial charge in [0.1, 0.15) is 9.90 Å². The maximum atomic E-state index is 13.7. The molecule has 4 aromatic rings. The fourth-order valence-corrected chi connectivity index (χ4v) is 7.28. The van der Waals surface area contributed by atoms with Crippen LogP contribution < -0.4 is 4.31 Å². The minimum Gasteiger partial charge on any atom is -0.351 e. The molecular formula is C24H29N5O3S3. The predicted molar refractivity (Wildman–Crippen MR) is 144 cm³/mol. The van der Waals surface area contributed by atoms with Crippen molar-refractivity contribution < 1.29 is 13.2 Å². The first-order chi connectivity index (χ1) is 16.7. The maximum Gasteiger partial charge on any atom is 0.265 e. The van der Waals surface area contributed by atoms with E-state index in [0.29, 0.717) is 36.8 Å². The second-order valence-electron chi connectivity index (χ2n) is 8.28. The van der Waals surface area contributed by atoms with Crippen molar-refractivity contribution in [2.24, 2.45) is 0 Å². The van der Waals surface area contributed by atoms with Gasteiger partial charge in [-0.2, -0.15) is 0 Å². The number of hydrogen-bond acceptors (Lipinski definition) is 7. The van der Waals surface area contributed by atoms with Gasteiger partial charge in [0.2, 0.25) is 5.91 Å². The van der Waals surface area contributed by atoms with Gasteiger partial charge in [0.05, 0.1) is 16.9 Å². The Morgan fingerprint density at radius 3 is 2.60 bits per heavy atom. The lowest BCUT2D eigenvalue weighted by Crippen LogP contribution is -2.36. The van der Waals surface area contributed by atoms with Crippen LogP contribution >= 0.6 is 22.7 Å². The van der Waals surface area contributed by atoms with Crippen LogP contribution in [-0.4, -0.2) is 67.8 Å². The zero-order valence-electron chi connectivity index (χ0n) is 20.2. The average Bonchev–Trinajstić information content (AvgIpc) is 3.58. The highest BCUT2D eigenvalue weighted by Gasteiger charge is 2.27. The molecule has 0 aliphatic heterocycles. The number of thiophene rings is 1. The van der Waals surface area contributed by atoms with E-state index in [1.54, 1.807) is 37.2 Å². The van der Waals surface area contributed by atoms with Crippen LogP contribution in [0.4, 0.5) is 5.69 Å². The van der Waals surface area contributed by atoms with Crippen LogP contribution in [0, 0.1) is 0 Å². The summed E-state index contributed by atoms with van der Waals surface area (Å²) in [6, 6.07) is 9.28. The molecule has 1 N–H and O–H groups in total. The molecule has 8 nitrogen and oxygen atoms in total. The van der Waals surface area contributed by atoms with Crippen molar-refractivity contribution >= 4 is 55.2 Å². The molecule has 11 heteroatoms. The molecule has 186 valence electrons. The number of para-hydroxylation sites is 1. The molecule has 0 saturated carbocycles. The number of nitrogens with zero attached hydrogens (tertiary/aromatic N) is 4. The number of aromatic nitrogens is 2. The molecule has 1 amide bonds. The second-order valence-corrected chi connectivity index (χ2v) is 12.1. The molecule has 1 aromatic carbocycles. The summed E-state index contributed by atoms with van der Waals surface area (Å²) in [6.45, 7) is 5.91. The monoisotopic (exact) mass is 531 g/mol. The second kappa shape index (κ2) is 10.5. The Morgan fingerprint density at radius 2 is 1.91 bits per heavy atom. The van der Waals surface area contributed by atoms with Gasteiger partial charge in [0.25, 0.3) is 10.0 Å². The number of benzene rings is 1. The van der Waals surface area contributed by atoms with E-state index in [9.17, 15) is 13.2 Å². The van der Waals surface area contributed by atoms with Crippen molar-refractivity contribution in [3.63, 3.8) is 0 Å². The van der Waals surface area contributed by atoms with Crippen molar-refractivity contribution in [3.05, 3.63) is 52.2 Å². The van der Waals surface area contributed by atoms with Gasteiger partial charge in [-0.15, -0.1) is 22.7 Å². The summed E-state index contributed by atoms with van der Waals surface area (Å²) in [4.78, 5) is 24.3. The van der Waals surface area contributed by atoms with Crippen molar-refractivity contribution in [1.29, 1.82) is 0 Å². The molecule has 35 heavy (non-hydrogen) atoms. The number of carbonyl (C=O) groups is 1. The van der Waals surface area contributed by atoms with Gasteiger partial charge >= 0.3 is 0 Å². The SMILES string of the molecule is CCN(CCN(C)Cc1sccc1S(=O)(=O)N(C)c1cccc2cc(-c3nccs3)[nH]c12)C(C)=O. The summed E-state index contributed by atoms with van der Waals surface area (Å²) in [7, 11) is -0.264. The Bertz CT molecular complexity index is 1410. The third kappa shape index (κ3) is 5.27. The molecule has 0 saturated heterocycles. The summed E-state index contributed by atoms with van der Waals surface area (Å²) in [5.74, 6) is 0.0402. The van der Waals surface area contributed by atoms with E-state index in [4.69, 9.17) is 0 Å². The standard InChI is InChI=1S/C24H29N5O3S3/c1-5-29(17(2)30)12-11-27(3)16-21-22(9-13-33-21)35(31,32)28(4)20-8-6-7-18-15-19(26-23(18)20)24-25-10-14-34-24/h6-10,13-15,26H,5,11-12,16H2,1-4H3.